The van der Waals surface area contributed by atoms with E-state index in [4.69, 9.17) is 9.15 Å². The fraction of sp³-hybridized carbons (Fsp3) is 0.444. The smallest absolute Gasteiger partial charge is 0.116 e. The number of methoxy groups -OCH3 is 1. The highest BCUT2D eigenvalue weighted by Crippen LogP contribution is 2.34. The molecular formula is C18H24O2. The maximum Gasteiger partial charge on any atom is 0.116 e. The molecule has 0 saturated heterocycles. The zero-order valence-corrected chi connectivity index (χ0v) is 12.7. The quantitative estimate of drug-likeness (QED) is 0.695. The van der Waals surface area contributed by atoms with E-state index in [-0.39, 0.29) is 5.92 Å². The van der Waals surface area contributed by atoms with E-state index in [1.807, 2.05) is 12.1 Å². The monoisotopic (exact) mass is 272 g/mol. The minimum atomic E-state index is 0.186. The Morgan fingerprint density at radius 2 is 1.95 bits per heavy atom. The zero-order chi connectivity index (χ0) is 14.4. The van der Waals surface area contributed by atoms with Gasteiger partial charge >= 0.3 is 0 Å². The maximum atomic E-state index is 5.63. The molecular weight excluding hydrogens is 248 g/mol. The molecule has 0 radical (unpaired) electrons. The number of hydrogen-bond acceptors (Lipinski definition) is 2. The second-order valence-corrected chi connectivity index (χ2v) is 5.20. The fourth-order valence-electron chi connectivity index (χ4n) is 2.68. The first-order chi connectivity index (χ1) is 9.78. The molecule has 108 valence electrons. The van der Waals surface area contributed by atoms with Crippen LogP contribution < -0.4 is 0 Å². The highest BCUT2D eigenvalue weighted by atomic mass is 16.5. The van der Waals surface area contributed by atoms with E-state index >= 15 is 0 Å². The lowest BCUT2D eigenvalue weighted by atomic mass is 9.91. The molecule has 0 fully saturated rings. The Labute approximate surface area is 121 Å². The largest absolute Gasteiger partial charge is 0.497 e. The van der Waals surface area contributed by atoms with Gasteiger partial charge in [-0.25, -0.2) is 0 Å². The summed E-state index contributed by atoms with van der Waals surface area (Å²) in [6, 6.07) is 3.99. The van der Waals surface area contributed by atoms with E-state index in [1.54, 1.807) is 13.4 Å². The van der Waals surface area contributed by atoms with Crippen LogP contribution in [0.3, 0.4) is 0 Å². The molecule has 2 nitrogen and oxygen atoms in total. The van der Waals surface area contributed by atoms with Crippen LogP contribution in [0.15, 0.2) is 57.9 Å². The first kappa shape index (κ1) is 14.7. The van der Waals surface area contributed by atoms with Crippen molar-refractivity contribution in [3.05, 3.63) is 59.3 Å². The molecule has 1 aliphatic carbocycles. The molecule has 1 atom stereocenters. The van der Waals surface area contributed by atoms with Gasteiger partial charge in [-0.15, -0.1) is 0 Å². The van der Waals surface area contributed by atoms with Crippen LogP contribution in [0.25, 0.3) is 0 Å². The molecule has 1 aromatic rings. The van der Waals surface area contributed by atoms with Crippen molar-refractivity contribution in [1.29, 1.82) is 0 Å². The molecule has 0 unspecified atom stereocenters. The number of hydrogen-bond donors (Lipinski definition) is 0. The maximum absolute atomic E-state index is 5.63. The zero-order valence-electron chi connectivity index (χ0n) is 12.7. The van der Waals surface area contributed by atoms with Crippen molar-refractivity contribution in [2.45, 2.75) is 45.4 Å². The van der Waals surface area contributed by atoms with Crippen molar-refractivity contribution in [1.82, 2.24) is 0 Å². The Morgan fingerprint density at radius 1 is 1.15 bits per heavy atom. The molecule has 1 heterocycles. The first-order valence-electron chi connectivity index (χ1n) is 7.48. The van der Waals surface area contributed by atoms with E-state index in [9.17, 15) is 0 Å². The Hall–Kier alpha value is -1.70. The average Bonchev–Trinajstić information content (AvgIpc) is 2.91. The van der Waals surface area contributed by atoms with Gasteiger partial charge < -0.3 is 9.15 Å². The van der Waals surface area contributed by atoms with Crippen LogP contribution in [0.1, 0.15) is 51.2 Å². The predicted octanol–water partition coefficient (Wildman–Crippen LogP) is 5.36. The summed E-state index contributed by atoms with van der Waals surface area (Å²) in [6.45, 7) is 4.42. The summed E-state index contributed by atoms with van der Waals surface area (Å²) in [5.41, 5.74) is 2.76. The third kappa shape index (κ3) is 3.44. The molecule has 0 saturated carbocycles. The lowest BCUT2D eigenvalue weighted by Crippen LogP contribution is -2.00. The Kier molecular flexibility index (Phi) is 5.28. The van der Waals surface area contributed by atoms with Crippen LogP contribution in [0.5, 0.6) is 0 Å². The minimum absolute atomic E-state index is 0.186. The van der Waals surface area contributed by atoms with E-state index in [0.29, 0.717) is 0 Å². The third-order valence-electron chi connectivity index (χ3n) is 3.59. The van der Waals surface area contributed by atoms with Gasteiger partial charge in [-0.3, -0.25) is 0 Å². The standard InChI is InChI=1S/C18H24O2/c1-4-7-14-11-15(8-5-2)17(13-16(12-14)19-3)18-9-6-10-20-18/h6,9-13,17H,4-5,7-8H2,1-3H3/t17-/m1/s1. The van der Waals surface area contributed by atoms with Gasteiger partial charge in [-0.2, -0.15) is 0 Å². The van der Waals surface area contributed by atoms with Crippen molar-refractivity contribution < 1.29 is 9.15 Å². The number of rotatable bonds is 6. The van der Waals surface area contributed by atoms with Crippen LogP contribution in [0.2, 0.25) is 0 Å². The van der Waals surface area contributed by atoms with E-state index < -0.39 is 0 Å². The summed E-state index contributed by atoms with van der Waals surface area (Å²) in [5.74, 6) is 2.10. The van der Waals surface area contributed by atoms with Gasteiger partial charge in [-0.1, -0.05) is 38.3 Å². The molecule has 2 heteroatoms. The number of ether oxygens (including phenoxy) is 1. The molecule has 0 aromatic carbocycles. The molecule has 1 aliphatic rings. The molecule has 1 aromatic heterocycles. The van der Waals surface area contributed by atoms with Crippen molar-refractivity contribution >= 4 is 0 Å². The second-order valence-electron chi connectivity index (χ2n) is 5.20. The van der Waals surface area contributed by atoms with E-state index in [2.05, 4.69) is 32.1 Å². The SMILES string of the molecule is CCCC1=CC(OC)=C[C@@H](c2ccco2)C(CCC)=C1. The van der Waals surface area contributed by atoms with Gasteiger partial charge in [0.2, 0.25) is 0 Å². The summed E-state index contributed by atoms with van der Waals surface area (Å²) >= 11 is 0. The summed E-state index contributed by atoms with van der Waals surface area (Å²) in [5, 5.41) is 0. The lowest BCUT2D eigenvalue weighted by molar-refractivity contribution is 0.303. The topological polar surface area (TPSA) is 22.4 Å². The van der Waals surface area contributed by atoms with Gasteiger partial charge in [0.1, 0.15) is 11.5 Å². The van der Waals surface area contributed by atoms with Gasteiger partial charge in [-0.05, 0) is 42.7 Å². The summed E-state index contributed by atoms with van der Waals surface area (Å²) in [7, 11) is 1.73. The number of allylic oxidation sites excluding steroid dienone is 5. The van der Waals surface area contributed by atoms with Gasteiger partial charge in [0.25, 0.3) is 0 Å². The summed E-state index contributed by atoms with van der Waals surface area (Å²) in [6.07, 6.45) is 12.8. The average molecular weight is 272 g/mol. The molecule has 0 aliphatic heterocycles. The van der Waals surface area contributed by atoms with E-state index in [0.717, 1.165) is 37.2 Å². The van der Waals surface area contributed by atoms with E-state index in [1.165, 1.54) is 11.1 Å². The molecule has 0 bridgehead atoms. The molecule has 0 N–H and O–H groups in total. The fourth-order valence-corrected chi connectivity index (χ4v) is 2.68. The van der Waals surface area contributed by atoms with Crippen molar-refractivity contribution in [2.24, 2.45) is 0 Å². The van der Waals surface area contributed by atoms with Crippen molar-refractivity contribution in [2.75, 3.05) is 7.11 Å². The van der Waals surface area contributed by atoms with Crippen LogP contribution >= 0.6 is 0 Å². The summed E-state index contributed by atoms with van der Waals surface area (Å²) < 4.78 is 11.1. The first-order valence-corrected chi connectivity index (χ1v) is 7.48. The highest BCUT2D eigenvalue weighted by molar-refractivity contribution is 5.41. The van der Waals surface area contributed by atoms with Crippen LogP contribution in [0, 0.1) is 0 Å². The molecule has 0 spiro atoms. The van der Waals surface area contributed by atoms with Gasteiger partial charge in [0.05, 0.1) is 19.3 Å². The predicted molar refractivity (Wildman–Crippen MR) is 82.5 cm³/mol. The lowest BCUT2D eigenvalue weighted by Gasteiger charge is -2.14. The molecule has 2 rings (SSSR count). The van der Waals surface area contributed by atoms with Gasteiger partial charge in [0, 0.05) is 0 Å². The molecule has 0 amide bonds. The van der Waals surface area contributed by atoms with Crippen LogP contribution in [-0.4, -0.2) is 7.11 Å². The van der Waals surface area contributed by atoms with Crippen LogP contribution in [-0.2, 0) is 4.74 Å². The highest BCUT2D eigenvalue weighted by Gasteiger charge is 2.20. The third-order valence-corrected chi connectivity index (χ3v) is 3.59. The molecule has 20 heavy (non-hydrogen) atoms. The van der Waals surface area contributed by atoms with Crippen molar-refractivity contribution in [3.8, 4) is 0 Å². The Balaban J connectivity index is 2.41. The minimum Gasteiger partial charge on any atom is -0.497 e. The van der Waals surface area contributed by atoms with Crippen LogP contribution in [0.4, 0.5) is 0 Å². The normalized spacial score (nSPS) is 18.9. The van der Waals surface area contributed by atoms with Crippen molar-refractivity contribution in [3.63, 3.8) is 0 Å². The number of furan rings is 1. The second kappa shape index (κ2) is 7.18. The van der Waals surface area contributed by atoms with Gasteiger partial charge in [0.15, 0.2) is 0 Å². The Morgan fingerprint density at radius 3 is 2.55 bits per heavy atom. The summed E-state index contributed by atoms with van der Waals surface area (Å²) in [4.78, 5) is 0. The Bertz CT molecular complexity index is 504.